The van der Waals surface area contributed by atoms with Crippen molar-refractivity contribution < 1.29 is 9.21 Å². The topological polar surface area (TPSA) is 54.3 Å². The third-order valence-corrected chi connectivity index (χ3v) is 4.09. The number of carbonyl (C=O) groups is 1. The Morgan fingerprint density at radius 1 is 1.29 bits per heavy atom. The molecule has 21 heavy (non-hydrogen) atoms. The summed E-state index contributed by atoms with van der Waals surface area (Å²) in [6.07, 6.45) is 4.15. The predicted octanol–water partition coefficient (Wildman–Crippen LogP) is 3.17. The summed E-state index contributed by atoms with van der Waals surface area (Å²) in [4.78, 5) is 11.6. The Balaban J connectivity index is 1.97. The molecule has 1 unspecified atom stereocenters. The van der Waals surface area contributed by atoms with E-state index in [0.29, 0.717) is 6.42 Å². The number of furan rings is 1. The molecule has 1 amide bonds. The molecule has 110 valence electrons. The second-order valence-corrected chi connectivity index (χ2v) is 5.47. The molecule has 0 spiro atoms. The van der Waals surface area contributed by atoms with E-state index in [2.05, 4.69) is 22.8 Å². The van der Waals surface area contributed by atoms with Crippen LogP contribution in [0.25, 0.3) is 0 Å². The number of nitrogens with one attached hydrogen (secondary N) is 2. The average Bonchev–Trinajstić information content (AvgIpc) is 2.79. The molecule has 0 bridgehead atoms. The van der Waals surface area contributed by atoms with Crippen LogP contribution in [0.5, 0.6) is 0 Å². The van der Waals surface area contributed by atoms with Crippen LogP contribution in [0, 0.1) is 6.92 Å². The first-order valence-electron chi connectivity index (χ1n) is 7.33. The minimum absolute atomic E-state index is 0.105. The Hall–Kier alpha value is -2.07. The molecule has 3 rings (SSSR count). The highest BCUT2D eigenvalue weighted by Gasteiger charge is 2.19. The molecule has 1 atom stereocenters. The summed E-state index contributed by atoms with van der Waals surface area (Å²) >= 11 is 0. The van der Waals surface area contributed by atoms with Crippen LogP contribution < -0.4 is 10.6 Å². The number of rotatable bonds is 3. The molecule has 0 aliphatic carbocycles. The Bertz CT molecular complexity index is 661. The van der Waals surface area contributed by atoms with Crippen molar-refractivity contribution in [2.75, 3.05) is 12.4 Å². The summed E-state index contributed by atoms with van der Waals surface area (Å²) < 4.78 is 5.42. The Labute approximate surface area is 124 Å². The van der Waals surface area contributed by atoms with Crippen LogP contribution in [0.15, 0.2) is 34.9 Å². The maximum Gasteiger partial charge on any atom is 0.224 e. The summed E-state index contributed by atoms with van der Waals surface area (Å²) in [5.41, 5.74) is 4.49. The zero-order chi connectivity index (χ0) is 14.8. The van der Waals surface area contributed by atoms with E-state index in [1.165, 1.54) is 11.1 Å². The van der Waals surface area contributed by atoms with Gasteiger partial charge in [-0.15, -0.1) is 0 Å². The lowest BCUT2D eigenvalue weighted by Gasteiger charge is -2.18. The van der Waals surface area contributed by atoms with Gasteiger partial charge in [-0.2, -0.15) is 0 Å². The van der Waals surface area contributed by atoms with Crippen LogP contribution in [-0.4, -0.2) is 13.0 Å². The molecular formula is C17H20N2O2. The van der Waals surface area contributed by atoms with Gasteiger partial charge in [0.1, 0.15) is 5.76 Å². The van der Waals surface area contributed by atoms with Crippen LogP contribution in [0.1, 0.15) is 41.3 Å². The van der Waals surface area contributed by atoms with E-state index in [1.807, 2.05) is 26.1 Å². The van der Waals surface area contributed by atoms with Crippen molar-refractivity contribution in [2.45, 2.75) is 32.2 Å². The van der Waals surface area contributed by atoms with Gasteiger partial charge in [-0.05, 0) is 50.1 Å². The summed E-state index contributed by atoms with van der Waals surface area (Å²) in [7, 11) is 1.95. The lowest BCUT2D eigenvalue weighted by atomic mass is 9.95. The van der Waals surface area contributed by atoms with E-state index in [4.69, 9.17) is 4.42 Å². The zero-order valence-corrected chi connectivity index (χ0v) is 12.4. The second kappa shape index (κ2) is 5.74. The van der Waals surface area contributed by atoms with Crippen LogP contribution in [-0.2, 0) is 11.2 Å². The molecule has 1 aromatic heterocycles. The molecule has 4 nitrogen and oxygen atoms in total. The number of hydrogen-bond donors (Lipinski definition) is 2. The first-order chi connectivity index (χ1) is 10.2. The lowest BCUT2D eigenvalue weighted by Crippen LogP contribution is -2.18. The van der Waals surface area contributed by atoms with Gasteiger partial charge >= 0.3 is 0 Å². The fourth-order valence-corrected chi connectivity index (χ4v) is 2.97. The summed E-state index contributed by atoms with van der Waals surface area (Å²) in [5, 5.41) is 6.32. The highest BCUT2D eigenvalue weighted by molar-refractivity contribution is 5.92. The molecule has 2 heterocycles. The van der Waals surface area contributed by atoms with Gasteiger partial charge in [-0.3, -0.25) is 4.79 Å². The van der Waals surface area contributed by atoms with Gasteiger partial charge in [0.15, 0.2) is 0 Å². The minimum atomic E-state index is 0.105. The maximum absolute atomic E-state index is 11.6. The zero-order valence-electron chi connectivity index (χ0n) is 12.4. The molecule has 2 N–H and O–H groups in total. The minimum Gasteiger partial charge on any atom is -0.469 e. The summed E-state index contributed by atoms with van der Waals surface area (Å²) in [6, 6.07) is 8.37. The Morgan fingerprint density at radius 3 is 2.86 bits per heavy atom. The highest BCUT2D eigenvalue weighted by Crippen LogP contribution is 2.30. The average molecular weight is 284 g/mol. The molecule has 0 fully saturated rings. The number of aryl methyl sites for hydroxylation is 2. The molecule has 1 aliphatic heterocycles. The van der Waals surface area contributed by atoms with E-state index >= 15 is 0 Å². The van der Waals surface area contributed by atoms with Crippen LogP contribution in [0.4, 0.5) is 5.69 Å². The van der Waals surface area contributed by atoms with Crippen LogP contribution in [0.3, 0.4) is 0 Å². The van der Waals surface area contributed by atoms with Gasteiger partial charge in [-0.1, -0.05) is 12.1 Å². The fourth-order valence-electron chi connectivity index (χ4n) is 2.97. The summed E-state index contributed by atoms with van der Waals surface area (Å²) in [6.45, 7) is 1.98. The molecule has 2 aromatic rings. The Kier molecular flexibility index (Phi) is 3.80. The van der Waals surface area contributed by atoms with Gasteiger partial charge in [0.2, 0.25) is 5.91 Å². The van der Waals surface area contributed by atoms with Crippen molar-refractivity contribution in [2.24, 2.45) is 0 Å². The van der Waals surface area contributed by atoms with Gasteiger partial charge in [-0.25, -0.2) is 0 Å². The van der Waals surface area contributed by atoms with E-state index in [1.54, 1.807) is 6.26 Å². The predicted molar refractivity (Wildman–Crippen MR) is 82.4 cm³/mol. The van der Waals surface area contributed by atoms with Crippen molar-refractivity contribution in [1.82, 2.24) is 5.32 Å². The largest absolute Gasteiger partial charge is 0.469 e. The van der Waals surface area contributed by atoms with E-state index in [-0.39, 0.29) is 11.9 Å². The van der Waals surface area contributed by atoms with Gasteiger partial charge in [0.25, 0.3) is 0 Å². The maximum atomic E-state index is 11.6. The normalized spacial score (nSPS) is 16.0. The molecular weight excluding hydrogens is 264 g/mol. The first kappa shape index (κ1) is 13.9. The van der Waals surface area contributed by atoms with Gasteiger partial charge in [0.05, 0.1) is 12.3 Å². The van der Waals surface area contributed by atoms with Crippen molar-refractivity contribution in [3.8, 4) is 0 Å². The quantitative estimate of drug-likeness (QED) is 0.910. The first-order valence-corrected chi connectivity index (χ1v) is 7.33. The van der Waals surface area contributed by atoms with Crippen molar-refractivity contribution in [3.05, 3.63) is 53.0 Å². The highest BCUT2D eigenvalue weighted by atomic mass is 16.3. The molecule has 1 aromatic carbocycles. The van der Waals surface area contributed by atoms with Crippen molar-refractivity contribution in [3.63, 3.8) is 0 Å². The molecule has 0 saturated carbocycles. The third kappa shape index (κ3) is 2.72. The van der Waals surface area contributed by atoms with Crippen molar-refractivity contribution in [1.29, 1.82) is 0 Å². The SMILES string of the molecule is CNC(c1ccc2c(c1)CCCC(=O)N2)c1ccoc1C. The number of benzene rings is 1. The molecule has 1 aliphatic rings. The van der Waals surface area contributed by atoms with E-state index < -0.39 is 0 Å². The monoisotopic (exact) mass is 284 g/mol. The van der Waals surface area contributed by atoms with Gasteiger partial charge < -0.3 is 15.1 Å². The molecule has 0 radical (unpaired) electrons. The summed E-state index contributed by atoms with van der Waals surface area (Å²) in [5.74, 6) is 1.04. The van der Waals surface area contributed by atoms with Gasteiger partial charge in [0, 0.05) is 17.7 Å². The molecule has 4 heteroatoms. The smallest absolute Gasteiger partial charge is 0.224 e. The van der Waals surface area contributed by atoms with E-state index in [0.717, 1.165) is 29.9 Å². The number of hydrogen-bond acceptors (Lipinski definition) is 3. The molecule has 0 saturated heterocycles. The fraction of sp³-hybridized carbons (Fsp3) is 0.353. The number of fused-ring (bicyclic) bond motifs is 1. The number of carbonyl (C=O) groups excluding carboxylic acids is 1. The van der Waals surface area contributed by atoms with Crippen LogP contribution in [0.2, 0.25) is 0 Å². The van der Waals surface area contributed by atoms with E-state index in [9.17, 15) is 4.79 Å². The van der Waals surface area contributed by atoms with Crippen LogP contribution >= 0.6 is 0 Å². The second-order valence-electron chi connectivity index (χ2n) is 5.47. The lowest BCUT2D eigenvalue weighted by molar-refractivity contribution is -0.116. The number of anilines is 1. The number of amides is 1. The third-order valence-electron chi connectivity index (χ3n) is 4.09. The van der Waals surface area contributed by atoms with Crippen molar-refractivity contribution >= 4 is 11.6 Å². The standard InChI is InChI=1S/C17H20N2O2/c1-11-14(8-9-21-11)17(18-2)13-6-7-15-12(10-13)4-3-5-16(20)19-15/h6-10,17-18H,3-5H2,1-2H3,(H,19,20). The Morgan fingerprint density at radius 2 is 2.14 bits per heavy atom.